The maximum Gasteiger partial charge on any atom is 0.0918 e. The first-order valence-electron chi connectivity index (χ1n) is 13.5. The van der Waals surface area contributed by atoms with Gasteiger partial charge in [-0.15, -0.1) is 0 Å². The van der Waals surface area contributed by atoms with E-state index in [1.807, 2.05) is 34.6 Å². The van der Waals surface area contributed by atoms with Gasteiger partial charge in [-0.25, -0.2) is 0 Å². The summed E-state index contributed by atoms with van der Waals surface area (Å²) in [6, 6.07) is 0. The molecule has 204 valence electrons. The lowest BCUT2D eigenvalue weighted by Crippen LogP contribution is -2.44. The lowest BCUT2D eigenvalue weighted by molar-refractivity contribution is -0.160. The van der Waals surface area contributed by atoms with Crippen LogP contribution in [0.3, 0.4) is 0 Å². The molecule has 0 bridgehead atoms. The van der Waals surface area contributed by atoms with Gasteiger partial charge in [-0.2, -0.15) is 0 Å². The molecule has 1 aliphatic rings. The first kappa shape index (κ1) is 32.0. The second-order valence-corrected chi connectivity index (χ2v) is 12.0. The normalized spacial score (nSPS) is 25.9. The number of ether oxygens (including phenoxy) is 1. The molecule has 0 radical (unpaired) electrons. The standard InChI is InChI=1S/C30H54O5/c1-22(2)12-10-19-28(6,33)25(31)17-16-24(5)14-9-15-26(32)30(8)21-18-27(35-30)29(7,34)20-11-13-23(3)4/h12-14,25-27,31-34H,9-11,15-21H2,1-8H3. The van der Waals surface area contributed by atoms with Gasteiger partial charge >= 0.3 is 0 Å². The molecule has 1 heterocycles. The third-order valence-electron chi connectivity index (χ3n) is 7.58. The van der Waals surface area contributed by atoms with Crippen LogP contribution in [-0.4, -0.2) is 55.5 Å². The van der Waals surface area contributed by atoms with Gasteiger partial charge in [-0.3, -0.25) is 0 Å². The summed E-state index contributed by atoms with van der Waals surface area (Å²) in [6.07, 6.45) is 11.4. The summed E-state index contributed by atoms with van der Waals surface area (Å²) in [5.41, 5.74) is 0.958. The molecule has 0 spiro atoms. The van der Waals surface area contributed by atoms with Crippen molar-refractivity contribution in [3.05, 3.63) is 34.9 Å². The van der Waals surface area contributed by atoms with Crippen molar-refractivity contribution in [2.75, 3.05) is 0 Å². The zero-order valence-electron chi connectivity index (χ0n) is 23.7. The molecule has 0 aromatic rings. The van der Waals surface area contributed by atoms with Crippen molar-refractivity contribution in [3.63, 3.8) is 0 Å². The SMILES string of the molecule is CC(C)=CCCC(C)(O)C(O)CCC(C)=CCCC(O)C1(C)CCC(C(C)(O)CCC=C(C)C)O1. The molecule has 4 N–H and O–H groups in total. The highest BCUT2D eigenvalue weighted by atomic mass is 16.5. The molecule has 6 unspecified atom stereocenters. The predicted molar refractivity (Wildman–Crippen MR) is 145 cm³/mol. The van der Waals surface area contributed by atoms with E-state index in [0.29, 0.717) is 32.1 Å². The Bertz CT molecular complexity index is 725. The van der Waals surface area contributed by atoms with E-state index in [4.69, 9.17) is 4.74 Å². The average Bonchev–Trinajstić information content (AvgIpc) is 3.15. The second kappa shape index (κ2) is 14.1. The summed E-state index contributed by atoms with van der Waals surface area (Å²) in [6.45, 7) is 15.7. The van der Waals surface area contributed by atoms with E-state index < -0.39 is 29.0 Å². The van der Waals surface area contributed by atoms with Crippen molar-refractivity contribution < 1.29 is 25.2 Å². The van der Waals surface area contributed by atoms with Crippen LogP contribution in [0.1, 0.15) is 120 Å². The van der Waals surface area contributed by atoms with Crippen molar-refractivity contribution in [2.24, 2.45) is 0 Å². The summed E-state index contributed by atoms with van der Waals surface area (Å²) in [5.74, 6) is 0. The van der Waals surface area contributed by atoms with Gasteiger partial charge in [0, 0.05) is 0 Å². The number of aliphatic hydroxyl groups excluding tert-OH is 2. The first-order valence-corrected chi connectivity index (χ1v) is 13.5. The van der Waals surface area contributed by atoms with Gasteiger partial charge in [-0.1, -0.05) is 34.9 Å². The molecular weight excluding hydrogens is 440 g/mol. The van der Waals surface area contributed by atoms with Crippen molar-refractivity contribution in [3.8, 4) is 0 Å². The number of hydrogen-bond donors (Lipinski definition) is 4. The van der Waals surface area contributed by atoms with Crippen LogP contribution in [0.4, 0.5) is 0 Å². The molecule has 6 atom stereocenters. The molecule has 0 aliphatic carbocycles. The van der Waals surface area contributed by atoms with E-state index in [1.54, 1.807) is 6.92 Å². The highest BCUT2D eigenvalue weighted by Crippen LogP contribution is 2.40. The van der Waals surface area contributed by atoms with E-state index >= 15 is 0 Å². The Morgan fingerprint density at radius 3 is 2.06 bits per heavy atom. The van der Waals surface area contributed by atoms with Gasteiger partial charge in [0.05, 0.1) is 35.1 Å². The van der Waals surface area contributed by atoms with E-state index in [9.17, 15) is 20.4 Å². The van der Waals surface area contributed by atoms with Crippen molar-refractivity contribution in [2.45, 2.75) is 155 Å². The second-order valence-electron chi connectivity index (χ2n) is 12.0. The van der Waals surface area contributed by atoms with Crippen molar-refractivity contribution in [1.82, 2.24) is 0 Å². The highest BCUT2D eigenvalue weighted by Gasteiger charge is 2.47. The van der Waals surface area contributed by atoms with E-state index in [1.165, 1.54) is 11.1 Å². The molecule has 5 nitrogen and oxygen atoms in total. The van der Waals surface area contributed by atoms with Crippen molar-refractivity contribution >= 4 is 0 Å². The fourth-order valence-electron chi connectivity index (χ4n) is 4.75. The van der Waals surface area contributed by atoms with Crippen molar-refractivity contribution in [1.29, 1.82) is 0 Å². The monoisotopic (exact) mass is 494 g/mol. The van der Waals surface area contributed by atoms with Gasteiger partial charge in [0.2, 0.25) is 0 Å². The largest absolute Gasteiger partial charge is 0.390 e. The summed E-state index contributed by atoms with van der Waals surface area (Å²) in [7, 11) is 0. The maximum absolute atomic E-state index is 10.9. The average molecular weight is 495 g/mol. The number of aliphatic hydroxyl groups is 4. The van der Waals surface area contributed by atoms with Crippen LogP contribution in [0.5, 0.6) is 0 Å². The minimum absolute atomic E-state index is 0.268. The molecule has 0 aromatic carbocycles. The van der Waals surface area contributed by atoms with Gasteiger partial charge in [0.25, 0.3) is 0 Å². The quantitative estimate of drug-likeness (QED) is 0.205. The number of hydrogen-bond acceptors (Lipinski definition) is 5. The molecule has 35 heavy (non-hydrogen) atoms. The Morgan fingerprint density at radius 1 is 0.914 bits per heavy atom. The lowest BCUT2D eigenvalue weighted by atomic mass is 9.88. The molecule has 1 rings (SSSR count). The van der Waals surface area contributed by atoms with Crippen LogP contribution in [0.25, 0.3) is 0 Å². The Kier molecular flexibility index (Phi) is 12.9. The predicted octanol–water partition coefficient (Wildman–Crippen LogP) is 6.15. The van der Waals surface area contributed by atoms with Crippen LogP contribution in [0, 0.1) is 0 Å². The smallest absolute Gasteiger partial charge is 0.0918 e. The molecule has 1 saturated heterocycles. The molecule has 5 heteroatoms. The zero-order valence-corrected chi connectivity index (χ0v) is 23.7. The van der Waals surface area contributed by atoms with E-state index in [-0.39, 0.29) is 6.10 Å². The van der Waals surface area contributed by atoms with E-state index in [2.05, 4.69) is 32.1 Å². The van der Waals surface area contributed by atoms with Crippen LogP contribution >= 0.6 is 0 Å². The Balaban J connectivity index is 2.49. The lowest BCUT2D eigenvalue weighted by Gasteiger charge is -2.35. The third-order valence-corrected chi connectivity index (χ3v) is 7.58. The molecular formula is C30H54O5. The summed E-state index contributed by atoms with van der Waals surface area (Å²) >= 11 is 0. The fraction of sp³-hybridized carbons (Fsp3) is 0.800. The Morgan fingerprint density at radius 2 is 1.49 bits per heavy atom. The van der Waals surface area contributed by atoms with Gasteiger partial charge in [0.1, 0.15) is 0 Å². The van der Waals surface area contributed by atoms with Gasteiger partial charge in [-0.05, 0) is 120 Å². The molecule has 0 aromatic heterocycles. The Hall–Kier alpha value is -0.980. The zero-order chi connectivity index (χ0) is 26.9. The molecule has 1 fully saturated rings. The number of rotatable bonds is 15. The third kappa shape index (κ3) is 11.3. The van der Waals surface area contributed by atoms with E-state index in [0.717, 1.165) is 37.7 Å². The summed E-state index contributed by atoms with van der Waals surface area (Å²) in [4.78, 5) is 0. The van der Waals surface area contributed by atoms with Crippen LogP contribution in [0.15, 0.2) is 34.9 Å². The molecule has 0 amide bonds. The topological polar surface area (TPSA) is 90.2 Å². The summed E-state index contributed by atoms with van der Waals surface area (Å²) < 4.78 is 6.25. The van der Waals surface area contributed by atoms with Gasteiger partial charge in [0.15, 0.2) is 0 Å². The minimum atomic E-state index is -1.10. The highest BCUT2D eigenvalue weighted by molar-refractivity contribution is 5.03. The fourth-order valence-corrected chi connectivity index (χ4v) is 4.75. The first-order chi connectivity index (χ1) is 16.1. The van der Waals surface area contributed by atoms with Crippen LogP contribution < -0.4 is 0 Å². The van der Waals surface area contributed by atoms with Gasteiger partial charge < -0.3 is 25.2 Å². The number of allylic oxidation sites excluding steroid dienone is 6. The van der Waals surface area contributed by atoms with Crippen LogP contribution in [0.2, 0.25) is 0 Å². The molecule has 0 saturated carbocycles. The minimum Gasteiger partial charge on any atom is -0.390 e. The maximum atomic E-state index is 10.9. The Labute approximate surface area is 215 Å². The summed E-state index contributed by atoms with van der Waals surface area (Å²) in [5, 5.41) is 42.9. The molecule has 1 aliphatic heterocycles. The van der Waals surface area contributed by atoms with Crippen LogP contribution in [-0.2, 0) is 4.74 Å².